The molecule has 1 saturated heterocycles. The molecule has 1 aliphatic heterocycles. The van der Waals surface area contributed by atoms with Crippen molar-refractivity contribution in [3.63, 3.8) is 0 Å². The predicted molar refractivity (Wildman–Crippen MR) is 99.7 cm³/mol. The topological polar surface area (TPSA) is 55.3 Å². The zero-order valence-electron chi connectivity index (χ0n) is 15.3. The Morgan fingerprint density at radius 3 is 2.88 bits per heavy atom. The number of aromatic nitrogens is 2. The van der Waals surface area contributed by atoms with Gasteiger partial charge in [-0.05, 0) is 58.6 Å². The smallest absolute Gasteiger partial charge is 0.410 e. The summed E-state index contributed by atoms with van der Waals surface area (Å²) in [5.74, 6) is 0.424. The number of amides is 1. The summed E-state index contributed by atoms with van der Waals surface area (Å²) in [6.45, 7) is 9.23. The summed E-state index contributed by atoms with van der Waals surface area (Å²) in [6, 6.07) is 6.10. The Morgan fingerprint density at radius 2 is 2.20 bits per heavy atom. The van der Waals surface area contributed by atoms with Gasteiger partial charge in [-0.3, -0.25) is 4.98 Å². The van der Waals surface area contributed by atoms with Crippen molar-refractivity contribution in [1.82, 2.24) is 14.9 Å². The number of ether oxygens (including phenoxy) is 1. The van der Waals surface area contributed by atoms with Gasteiger partial charge < -0.3 is 9.64 Å². The van der Waals surface area contributed by atoms with E-state index in [0.717, 1.165) is 42.3 Å². The summed E-state index contributed by atoms with van der Waals surface area (Å²) >= 11 is 1.66. The number of hydrogen-bond acceptors (Lipinski definition) is 5. The summed E-state index contributed by atoms with van der Waals surface area (Å²) in [7, 11) is 0. The Morgan fingerprint density at radius 1 is 1.40 bits per heavy atom. The van der Waals surface area contributed by atoms with Crippen molar-refractivity contribution in [2.45, 2.75) is 46.1 Å². The van der Waals surface area contributed by atoms with Gasteiger partial charge in [0.25, 0.3) is 0 Å². The normalized spacial score (nSPS) is 17.8. The van der Waals surface area contributed by atoms with Crippen LogP contribution in [-0.4, -0.2) is 39.7 Å². The van der Waals surface area contributed by atoms with Crippen LogP contribution in [0.3, 0.4) is 0 Å². The van der Waals surface area contributed by atoms with Gasteiger partial charge >= 0.3 is 6.09 Å². The van der Waals surface area contributed by atoms with Crippen molar-refractivity contribution >= 4 is 17.4 Å². The first-order valence-corrected chi connectivity index (χ1v) is 9.48. The molecule has 1 aliphatic rings. The monoisotopic (exact) mass is 359 g/mol. The average molecular weight is 359 g/mol. The molecule has 1 amide bonds. The summed E-state index contributed by atoms with van der Waals surface area (Å²) in [5.41, 5.74) is 1.54. The number of thiazole rings is 1. The lowest BCUT2D eigenvalue weighted by Crippen LogP contribution is -2.35. The van der Waals surface area contributed by atoms with E-state index in [-0.39, 0.29) is 6.09 Å². The van der Waals surface area contributed by atoms with Crippen LogP contribution in [0.5, 0.6) is 0 Å². The molecule has 0 N–H and O–H groups in total. The van der Waals surface area contributed by atoms with Gasteiger partial charge in [0, 0.05) is 29.9 Å². The molecule has 25 heavy (non-hydrogen) atoms. The third-order valence-electron chi connectivity index (χ3n) is 4.08. The minimum absolute atomic E-state index is 0.213. The average Bonchev–Trinajstić information content (AvgIpc) is 3.15. The lowest BCUT2D eigenvalue weighted by atomic mass is 10.0. The Hall–Kier alpha value is -1.95. The SMILES string of the molecule is Cc1cnc(-c2cccc(CC3CCN(C(=O)OC(C)(C)C)C3)n2)s1. The first-order valence-electron chi connectivity index (χ1n) is 8.67. The maximum Gasteiger partial charge on any atom is 0.410 e. The first-order chi connectivity index (χ1) is 11.8. The predicted octanol–water partition coefficient (Wildman–Crippen LogP) is 4.31. The number of rotatable bonds is 3. The lowest BCUT2D eigenvalue weighted by Gasteiger charge is -2.24. The van der Waals surface area contributed by atoms with Crippen molar-refractivity contribution in [1.29, 1.82) is 0 Å². The van der Waals surface area contributed by atoms with Crippen LogP contribution in [0.15, 0.2) is 24.4 Å². The number of carbonyl (C=O) groups excluding carboxylic acids is 1. The number of aryl methyl sites for hydroxylation is 1. The molecule has 0 aromatic carbocycles. The second kappa shape index (κ2) is 7.12. The van der Waals surface area contributed by atoms with Crippen molar-refractivity contribution in [3.8, 4) is 10.7 Å². The molecule has 1 atom stereocenters. The molecule has 2 aromatic rings. The largest absolute Gasteiger partial charge is 0.444 e. The molecular weight excluding hydrogens is 334 g/mol. The molecule has 6 heteroatoms. The highest BCUT2D eigenvalue weighted by atomic mass is 32.1. The van der Waals surface area contributed by atoms with Gasteiger partial charge in [-0.2, -0.15) is 0 Å². The minimum Gasteiger partial charge on any atom is -0.444 e. The fourth-order valence-electron chi connectivity index (χ4n) is 2.97. The first kappa shape index (κ1) is 17.9. The van der Waals surface area contributed by atoms with Gasteiger partial charge in [0.15, 0.2) is 0 Å². The van der Waals surface area contributed by atoms with Gasteiger partial charge in [0.2, 0.25) is 0 Å². The minimum atomic E-state index is -0.448. The Bertz CT molecular complexity index is 751. The maximum absolute atomic E-state index is 12.2. The lowest BCUT2D eigenvalue weighted by molar-refractivity contribution is 0.0288. The molecule has 1 fully saturated rings. The zero-order chi connectivity index (χ0) is 18.0. The molecule has 5 nitrogen and oxygen atoms in total. The molecular formula is C19H25N3O2S. The number of likely N-dealkylation sites (tertiary alicyclic amines) is 1. The van der Waals surface area contributed by atoms with E-state index in [4.69, 9.17) is 9.72 Å². The molecule has 0 radical (unpaired) electrons. The van der Waals surface area contributed by atoms with Crippen LogP contribution < -0.4 is 0 Å². The highest BCUT2D eigenvalue weighted by Gasteiger charge is 2.30. The Balaban J connectivity index is 1.61. The molecule has 0 aliphatic carbocycles. The third kappa shape index (κ3) is 4.78. The number of nitrogens with zero attached hydrogens (tertiary/aromatic N) is 3. The van der Waals surface area contributed by atoms with E-state index in [0.29, 0.717) is 5.92 Å². The summed E-state index contributed by atoms with van der Waals surface area (Å²) in [6.07, 6.45) is 3.53. The Kier molecular flexibility index (Phi) is 5.08. The van der Waals surface area contributed by atoms with Crippen LogP contribution in [0, 0.1) is 12.8 Å². The number of pyridine rings is 1. The third-order valence-corrected chi connectivity index (χ3v) is 5.02. The summed E-state index contributed by atoms with van der Waals surface area (Å²) in [4.78, 5) is 24.4. The summed E-state index contributed by atoms with van der Waals surface area (Å²) < 4.78 is 5.46. The highest BCUT2D eigenvalue weighted by Crippen LogP contribution is 2.25. The van der Waals surface area contributed by atoms with Crippen LogP contribution in [0.4, 0.5) is 4.79 Å². The maximum atomic E-state index is 12.2. The molecule has 0 spiro atoms. The fourth-order valence-corrected chi connectivity index (χ4v) is 3.71. The van der Waals surface area contributed by atoms with Crippen molar-refractivity contribution < 1.29 is 9.53 Å². The zero-order valence-corrected chi connectivity index (χ0v) is 16.1. The van der Waals surface area contributed by atoms with Crippen LogP contribution in [0.2, 0.25) is 0 Å². The molecule has 0 saturated carbocycles. The van der Waals surface area contributed by atoms with E-state index >= 15 is 0 Å². The molecule has 1 unspecified atom stereocenters. The summed E-state index contributed by atoms with van der Waals surface area (Å²) in [5, 5.41) is 0.959. The van der Waals surface area contributed by atoms with Crippen molar-refractivity contribution in [2.24, 2.45) is 5.92 Å². The second-order valence-corrected chi connectivity index (χ2v) is 8.81. The van der Waals surface area contributed by atoms with Crippen LogP contribution in [0.25, 0.3) is 10.7 Å². The molecule has 2 aromatic heterocycles. The molecule has 0 bridgehead atoms. The van der Waals surface area contributed by atoms with Crippen molar-refractivity contribution in [3.05, 3.63) is 35.0 Å². The van der Waals surface area contributed by atoms with E-state index in [1.54, 1.807) is 11.3 Å². The van der Waals surface area contributed by atoms with Gasteiger partial charge in [0.1, 0.15) is 10.6 Å². The van der Waals surface area contributed by atoms with Crippen molar-refractivity contribution in [2.75, 3.05) is 13.1 Å². The van der Waals surface area contributed by atoms with Gasteiger partial charge in [-0.25, -0.2) is 9.78 Å². The molecule has 134 valence electrons. The fraction of sp³-hybridized carbons (Fsp3) is 0.526. The van der Waals surface area contributed by atoms with E-state index in [9.17, 15) is 4.79 Å². The standard InChI is InChI=1S/C19H25N3O2S/c1-13-11-20-17(25-13)16-7-5-6-15(21-16)10-14-8-9-22(12-14)18(23)24-19(2,3)4/h5-7,11,14H,8-10,12H2,1-4H3. The van der Waals surface area contributed by atoms with Gasteiger partial charge in [-0.1, -0.05) is 6.07 Å². The van der Waals surface area contributed by atoms with E-state index < -0.39 is 5.60 Å². The van der Waals surface area contributed by atoms with Gasteiger partial charge in [0.05, 0.1) is 5.69 Å². The quantitative estimate of drug-likeness (QED) is 0.819. The van der Waals surface area contributed by atoms with Gasteiger partial charge in [-0.15, -0.1) is 11.3 Å². The van der Waals surface area contributed by atoms with E-state index in [1.165, 1.54) is 4.88 Å². The van der Waals surface area contributed by atoms with E-state index in [2.05, 4.69) is 18.0 Å². The molecule has 3 heterocycles. The van der Waals surface area contributed by atoms with Crippen LogP contribution in [0.1, 0.15) is 37.8 Å². The second-order valence-electron chi connectivity index (χ2n) is 7.58. The highest BCUT2D eigenvalue weighted by molar-refractivity contribution is 7.14. The number of hydrogen-bond donors (Lipinski definition) is 0. The number of carbonyl (C=O) groups is 1. The Labute approximate surface area is 153 Å². The van der Waals surface area contributed by atoms with Crippen LogP contribution in [-0.2, 0) is 11.2 Å². The molecule has 3 rings (SSSR count). The van der Waals surface area contributed by atoms with E-state index in [1.807, 2.05) is 44.0 Å². The van der Waals surface area contributed by atoms with Crippen LogP contribution >= 0.6 is 11.3 Å².